The molecule has 144 valence electrons. The molecule has 1 fully saturated rings. The van der Waals surface area contributed by atoms with Gasteiger partial charge in [0.05, 0.1) is 16.9 Å². The van der Waals surface area contributed by atoms with E-state index < -0.39 is 0 Å². The van der Waals surface area contributed by atoms with Crippen LogP contribution in [0.3, 0.4) is 0 Å². The van der Waals surface area contributed by atoms with Crippen LogP contribution in [0.5, 0.6) is 0 Å². The Morgan fingerprint density at radius 1 is 1.14 bits per heavy atom. The summed E-state index contributed by atoms with van der Waals surface area (Å²) in [6.07, 6.45) is 1.65. The molecule has 4 rings (SSSR count). The summed E-state index contributed by atoms with van der Waals surface area (Å²) in [5, 5.41) is 7.27. The monoisotopic (exact) mass is 397 g/mol. The highest BCUT2D eigenvalue weighted by molar-refractivity contribution is 6.33. The minimum absolute atomic E-state index is 0.109. The molecule has 1 N–H and O–H groups in total. The number of piperazine rings is 1. The molecule has 7 nitrogen and oxygen atoms in total. The summed E-state index contributed by atoms with van der Waals surface area (Å²) in [4.78, 5) is 21.4. The Hall–Kier alpha value is -2.90. The standard InChI is InChI=1S/C20H20ClN5O2/c1-25-8-10-26(11-9-25)19-7-6-14(13-22-19)23-20(27)18-12-17(24-28-18)15-4-2-3-5-16(15)21/h2-7,12-13H,8-11H2,1H3,(H,23,27). The topological polar surface area (TPSA) is 74.5 Å². The Balaban J connectivity index is 1.42. The van der Waals surface area contributed by atoms with Gasteiger partial charge in [0.15, 0.2) is 0 Å². The molecule has 8 heteroatoms. The zero-order chi connectivity index (χ0) is 19.5. The highest BCUT2D eigenvalue weighted by Gasteiger charge is 2.17. The molecule has 1 amide bonds. The minimum atomic E-state index is -0.389. The molecular weight excluding hydrogens is 378 g/mol. The van der Waals surface area contributed by atoms with E-state index in [2.05, 4.69) is 32.3 Å². The van der Waals surface area contributed by atoms with Crippen LogP contribution in [0.1, 0.15) is 10.6 Å². The van der Waals surface area contributed by atoms with E-state index in [0.29, 0.717) is 22.0 Å². The number of nitrogens with zero attached hydrogens (tertiary/aromatic N) is 4. The number of rotatable bonds is 4. The largest absolute Gasteiger partial charge is 0.354 e. The Morgan fingerprint density at radius 2 is 1.93 bits per heavy atom. The van der Waals surface area contributed by atoms with E-state index in [0.717, 1.165) is 32.0 Å². The molecule has 1 aliphatic rings. The van der Waals surface area contributed by atoms with Crippen molar-refractivity contribution in [2.75, 3.05) is 43.4 Å². The van der Waals surface area contributed by atoms with Gasteiger partial charge in [-0.2, -0.15) is 0 Å². The van der Waals surface area contributed by atoms with Crippen LogP contribution in [-0.2, 0) is 0 Å². The summed E-state index contributed by atoms with van der Waals surface area (Å²) < 4.78 is 5.18. The van der Waals surface area contributed by atoms with Gasteiger partial charge < -0.3 is 19.6 Å². The molecule has 0 bridgehead atoms. The zero-order valence-electron chi connectivity index (χ0n) is 15.4. The molecule has 0 saturated carbocycles. The molecule has 0 unspecified atom stereocenters. The number of hydrogen-bond acceptors (Lipinski definition) is 6. The van der Waals surface area contributed by atoms with Crippen molar-refractivity contribution in [2.45, 2.75) is 0 Å². The maximum absolute atomic E-state index is 12.4. The van der Waals surface area contributed by atoms with Gasteiger partial charge in [-0.25, -0.2) is 4.98 Å². The van der Waals surface area contributed by atoms with Crippen LogP contribution in [-0.4, -0.2) is 54.2 Å². The quantitative estimate of drug-likeness (QED) is 0.727. The molecule has 1 aliphatic heterocycles. The van der Waals surface area contributed by atoms with Crippen LogP contribution in [0, 0.1) is 0 Å². The lowest BCUT2D eigenvalue weighted by Crippen LogP contribution is -2.44. The van der Waals surface area contributed by atoms with Crippen LogP contribution in [0.2, 0.25) is 5.02 Å². The van der Waals surface area contributed by atoms with Crippen molar-refractivity contribution in [1.29, 1.82) is 0 Å². The summed E-state index contributed by atoms with van der Waals surface area (Å²) in [5.74, 6) is 0.629. The van der Waals surface area contributed by atoms with Crippen molar-refractivity contribution >= 4 is 29.0 Å². The second-order valence-electron chi connectivity index (χ2n) is 6.71. The van der Waals surface area contributed by atoms with Crippen molar-refractivity contribution < 1.29 is 9.32 Å². The van der Waals surface area contributed by atoms with E-state index in [-0.39, 0.29) is 11.7 Å². The maximum Gasteiger partial charge on any atom is 0.294 e. The summed E-state index contributed by atoms with van der Waals surface area (Å²) in [7, 11) is 2.12. The molecule has 1 saturated heterocycles. The first kappa shape index (κ1) is 18.5. The fourth-order valence-corrected chi connectivity index (χ4v) is 3.29. The van der Waals surface area contributed by atoms with Crippen LogP contribution < -0.4 is 10.2 Å². The fraction of sp³-hybridized carbons (Fsp3) is 0.250. The number of benzene rings is 1. The Kier molecular flexibility index (Phi) is 5.27. The Bertz CT molecular complexity index is 965. The summed E-state index contributed by atoms with van der Waals surface area (Å²) >= 11 is 6.17. The van der Waals surface area contributed by atoms with Crippen LogP contribution in [0.15, 0.2) is 53.2 Å². The van der Waals surface area contributed by atoms with Gasteiger partial charge in [0.25, 0.3) is 5.91 Å². The molecule has 28 heavy (non-hydrogen) atoms. The average Bonchev–Trinajstić information content (AvgIpc) is 3.20. The third-order valence-electron chi connectivity index (χ3n) is 4.72. The van der Waals surface area contributed by atoms with Crippen molar-refractivity contribution in [2.24, 2.45) is 0 Å². The number of nitrogens with one attached hydrogen (secondary N) is 1. The minimum Gasteiger partial charge on any atom is -0.354 e. The van der Waals surface area contributed by atoms with Crippen LogP contribution >= 0.6 is 11.6 Å². The number of pyridine rings is 1. The lowest BCUT2D eigenvalue weighted by atomic mass is 10.1. The second kappa shape index (κ2) is 8.00. The van der Waals surface area contributed by atoms with E-state index in [1.165, 1.54) is 0 Å². The number of likely N-dealkylation sites (N-methyl/N-ethyl adjacent to an activating group) is 1. The normalized spacial score (nSPS) is 14.9. The number of anilines is 2. The third kappa shape index (κ3) is 4.00. The summed E-state index contributed by atoms with van der Waals surface area (Å²) in [5.41, 5.74) is 1.82. The van der Waals surface area contributed by atoms with Gasteiger partial charge in [0, 0.05) is 37.8 Å². The van der Waals surface area contributed by atoms with Crippen molar-refractivity contribution in [3.05, 3.63) is 59.4 Å². The van der Waals surface area contributed by atoms with E-state index in [1.54, 1.807) is 18.3 Å². The van der Waals surface area contributed by atoms with E-state index in [9.17, 15) is 4.79 Å². The first-order chi connectivity index (χ1) is 13.6. The lowest BCUT2D eigenvalue weighted by molar-refractivity contribution is 0.0988. The Morgan fingerprint density at radius 3 is 2.64 bits per heavy atom. The fourth-order valence-electron chi connectivity index (χ4n) is 3.05. The van der Waals surface area contributed by atoms with Crippen LogP contribution in [0.25, 0.3) is 11.3 Å². The smallest absolute Gasteiger partial charge is 0.294 e. The number of amides is 1. The molecule has 0 atom stereocenters. The predicted molar refractivity (Wildman–Crippen MR) is 109 cm³/mol. The predicted octanol–water partition coefficient (Wildman–Crippen LogP) is 3.39. The molecule has 0 radical (unpaired) electrons. The van der Waals surface area contributed by atoms with E-state index in [1.807, 2.05) is 30.3 Å². The SMILES string of the molecule is CN1CCN(c2ccc(NC(=O)c3cc(-c4ccccc4Cl)no3)cn2)CC1. The summed E-state index contributed by atoms with van der Waals surface area (Å²) in [6.45, 7) is 3.91. The number of halogens is 1. The van der Waals surface area contributed by atoms with Crippen molar-refractivity contribution in [3.8, 4) is 11.3 Å². The lowest BCUT2D eigenvalue weighted by Gasteiger charge is -2.33. The summed E-state index contributed by atoms with van der Waals surface area (Å²) in [6, 6.07) is 12.6. The second-order valence-corrected chi connectivity index (χ2v) is 7.11. The third-order valence-corrected chi connectivity index (χ3v) is 5.05. The number of carbonyl (C=O) groups is 1. The van der Waals surface area contributed by atoms with E-state index >= 15 is 0 Å². The van der Waals surface area contributed by atoms with Gasteiger partial charge in [-0.05, 0) is 25.2 Å². The maximum atomic E-state index is 12.4. The first-order valence-corrected chi connectivity index (χ1v) is 9.40. The van der Waals surface area contributed by atoms with Gasteiger partial charge >= 0.3 is 0 Å². The zero-order valence-corrected chi connectivity index (χ0v) is 16.2. The molecule has 0 aliphatic carbocycles. The average molecular weight is 398 g/mol. The number of aromatic nitrogens is 2. The number of hydrogen-bond donors (Lipinski definition) is 1. The molecule has 0 spiro atoms. The molecule has 2 aromatic heterocycles. The van der Waals surface area contributed by atoms with Gasteiger partial charge in [0.1, 0.15) is 11.5 Å². The van der Waals surface area contributed by atoms with Crippen molar-refractivity contribution in [3.63, 3.8) is 0 Å². The molecular formula is C20H20ClN5O2. The van der Waals surface area contributed by atoms with Gasteiger partial charge in [-0.15, -0.1) is 0 Å². The highest BCUT2D eigenvalue weighted by Crippen LogP contribution is 2.27. The van der Waals surface area contributed by atoms with Crippen molar-refractivity contribution in [1.82, 2.24) is 15.0 Å². The van der Waals surface area contributed by atoms with Gasteiger partial charge in [0.2, 0.25) is 5.76 Å². The Labute approximate surface area is 167 Å². The van der Waals surface area contributed by atoms with Gasteiger partial charge in [-0.3, -0.25) is 4.79 Å². The van der Waals surface area contributed by atoms with Crippen LogP contribution in [0.4, 0.5) is 11.5 Å². The van der Waals surface area contributed by atoms with E-state index in [4.69, 9.17) is 16.1 Å². The number of carbonyl (C=O) groups excluding carboxylic acids is 1. The highest BCUT2D eigenvalue weighted by atomic mass is 35.5. The molecule has 3 heterocycles. The van der Waals surface area contributed by atoms with Gasteiger partial charge in [-0.1, -0.05) is 35.0 Å². The molecule has 1 aromatic carbocycles. The molecule has 3 aromatic rings. The first-order valence-electron chi connectivity index (χ1n) is 9.03.